The van der Waals surface area contributed by atoms with Crippen molar-refractivity contribution in [3.63, 3.8) is 0 Å². The molecule has 7 atom stereocenters. The maximum Gasteiger partial charge on any atom is 0.408 e. The number of hydrogen-bond acceptors (Lipinski definition) is 9. The minimum Gasteiger partial charge on any atom is -0.466 e. The topological polar surface area (TPSA) is 161 Å². The molecule has 0 bridgehead atoms. The van der Waals surface area contributed by atoms with Crippen molar-refractivity contribution in [2.75, 3.05) is 19.8 Å². The normalized spacial score (nSPS) is 19.8. The number of thiol groups is 1. The average Bonchev–Trinajstić information content (AvgIpc) is 3.71. The molecule has 300 valence electrons. The molecule has 13 heteroatoms. The van der Waals surface area contributed by atoms with E-state index in [9.17, 15) is 24.0 Å². The molecule has 0 spiro atoms. The van der Waals surface area contributed by atoms with E-state index in [2.05, 4.69) is 46.0 Å². The van der Waals surface area contributed by atoms with Crippen LogP contribution in [0.15, 0.2) is 78.9 Å². The van der Waals surface area contributed by atoms with Crippen molar-refractivity contribution in [1.82, 2.24) is 21.3 Å². The van der Waals surface area contributed by atoms with Gasteiger partial charge in [-0.2, -0.15) is 12.6 Å². The second-order valence-electron chi connectivity index (χ2n) is 15.3. The molecular weight excluding hydrogens is 733 g/mol. The minimum absolute atomic E-state index is 0.00578. The van der Waals surface area contributed by atoms with Crippen LogP contribution in [0, 0.1) is 11.8 Å². The first-order chi connectivity index (χ1) is 26.7. The van der Waals surface area contributed by atoms with Crippen LogP contribution >= 0.6 is 12.6 Å². The molecule has 1 unspecified atom stereocenters. The standard InChI is InChI=1S/C43H54N4O8S/c1-6-53-37(48)24-36(56)34(23-28-20-21-44-39(28)49)45-40(50)35(22-27-14-8-7-9-15-27)46-41(51)38(26(2)55-43(3,4)5)47-42(52)54-25-33-31-18-12-10-16-29(31)30-17-11-13-19-32(30)33/h7-19,26,28,31,34-36,38,56H,6,20-25H2,1-5H3,(H,44,49)(H,45,50)(H,46,51)(H,47,52)/t26-,28+,31?,34+,35+,36+,38+/m1/s1. The zero-order chi connectivity index (χ0) is 40.4. The van der Waals surface area contributed by atoms with Gasteiger partial charge in [-0.15, -0.1) is 0 Å². The number of alkyl carbamates (subject to hydrolysis) is 1. The summed E-state index contributed by atoms with van der Waals surface area (Å²) >= 11 is 4.68. The minimum atomic E-state index is -1.26. The number of rotatable bonds is 17. The molecule has 4 amide bonds. The molecule has 4 N–H and O–H groups in total. The van der Waals surface area contributed by atoms with Crippen molar-refractivity contribution in [3.05, 3.63) is 94.9 Å². The Morgan fingerprint density at radius 2 is 1.64 bits per heavy atom. The highest BCUT2D eigenvalue weighted by molar-refractivity contribution is 7.81. The van der Waals surface area contributed by atoms with Crippen LogP contribution in [-0.4, -0.2) is 84.6 Å². The molecule has 5 rings (SSSR count). The number of allylic oxidation sites excluding steroid dienone is 4. The summed E-state index contributed by atoms with van der Waals surface area (Å²) in [6.45, 7) is 9.59. The number of ether oxygens (including phenoxy) is 3. The van der Waals surface area contributed by atoms with Crippen LogP contribution in [0.4, 0.5) is 4.79 Å². The molecule has 1 saturated heterocycles. The molecule has 1 fully saturated rings. The third kappa shape index (κ3) is 11.3. The maximum absolute atomic E-state index is 14.3. The number of nitrogens with one attached hydrogen (secondary N) is 4. The number of amides is 4. The van der Waals surface area contributed by atoms with Gasteiger partial charge in [-0.05, 0) is 74.6 Å². The zero-order valence-electron chi connectivity index (χ0n) is 32.7. The average molecular weight is 787 g/mol. The van der Waals surface area contributed by atoms with E-state index in [-0.39, 0.29) is 50.2 Å². The highest BCUT2D eigenvalue weighted by atomic mass is 32.1. The lowest BCUT2D eigenvalue weighted by atomic mass is 9.91. The third-order valence-electron chi connectivity index (χ3n) is 10.00. The monoisotopic (exact) mass is 786 g/mol. The first-order valence-electron chi connectivity index (χ1n) is 19.3. The van der Waals surface area contributed by atoms with Crippen molar-refractivity contribution in [3.8, 4) is 0 Å². The van der Waals surface area contributed by atoms with Crippen LogP contribution < -0.4 is 31.7 Å². The van der Waals surface area contributed by atoms with Gasteiger partial charge in [0.1, 0.15) is 18.7 Å². The SMILES string of the molecule is CCOC(=O)C[C@H](S)[C@H](C[C@@H]1CCNC1=O)NC(=O)[C@H](Cc1ccccc1)NC(=O)[C@@H](NC(=O)OCC1=c2ccccc2=C2C=CC=CC21)[C@@H](C)OC(C)(C)C. The number of carbonyl (C=O) groups excluding carboxylic acids is 5. The van der Waals surface area contributed by atoms with Gasteiger partial charge in [-0.25, -0.2) is 4.79 Å². The molecule has 1 aliphatic heterocycles. The Balaban J connectivity index is 1.36. The molecule has 0 aromatic heterocycles. The Hall–Kier alpha value is -4.88. The summed E-state index contributed by atoms with van der Waals surface area (Å²) in [6.07, 6.45) is 7.25. The summed E-state index contributed by atoms with van der Waals surface area (Å²) in [5.41, 5.74) is 2.16. The number of esters is 1. The van der Waals surface area contributed by atoms with Crippen molar-refractivity contribution in [1.29, 1.82) is 0 Å². The highest BCUT2D eigenvalue weighted by Gasteiger charge is 2.37. The lowest BCUT2D eigenvalue weighted by Gasteiger charge is -2.32. The molecule has 12 nitrogen and oxygen atoms in total. The van der Waals surface area contributed by atoms with Gasteiger partial charge >= 0.3 is 12.1 Å². The summed E-state index contributed by atoms with van der Waals surface area (Å²) in [5, 5.41) is 12.8. The smallest absolute Gasteiger partial charge is 0.408 e. The van der Waals surface area contributed by atoms with E-state index in [4.69, 9.17) is 14.2 Å². The first-order valence-corrected chi connectivity index (χ1v) is 19.8. The van der Waals surface area contributed by atoms with Crippen LogP contribution in [0.3, 0.4) is 0 Å². The van der Waals surface area contributed by atoms with Gasteiger partial charge in [0.2, 0.25) is 17.7 Å². The Kier molecular flexibility index (Phi) is 14.6. The Labute approximate surface area is 334 Å². The molecular formula is C43H54N4O8S. The lowest BCUT2D eigenvalue weighted by molar-refractivity contribution is -0.143. The molecule has 3 aliphatic rings. The maximum atomic E-state index is 14.3. The van der Waals surface area contributed by atoms with E-state index in [1.807, 2.05) is 87.5 Å². The molecule has 56 heavy (non-hydrogen) atoms. The largest absolute Gasteiger partial charge is 0.466 e. The number of hydrogen-bond donors (Lipinski definition) is 5. The van der Waals surface area contributed by atoms with E-state index in [1.54, 1.807) is 13.8 Å². The van der Waals surface area contributed by atoms with Gasteiger partial charge in [0, 0.05) is 36.1 Å². The Morgan fingerprint density at radius 1 is 0.929 bits per heavy atom. The van der Waals surface area contributed by atoms with Gasteiger partial charge in [0.05, 0.1) is 24.7 Å². The Morgan fingerprint density at radius 3 is 2.32 bits per heavy atom. The van der Waals surface area contributed by atoms with Gasteiger partial charge in [-0.3, -0.25) is 19.2 Å². The second-order valence-corrected chi connectivity index (χ2v) is 16.0. The summed E-state index contributed by atoms with van der Waals surface area (Å²) < 4.78 is 17.1. The fourth-order valence-corrected chi connectivity index (χ4v) is 7.76. The molecule has 2 aromatic carbocycles. The van der Waals surface area contributed by atoms with Gasteiger partial charge in [0.15, 0.2) is 0 Å². The molecule has 0 radical (unpaired) electrons. The van der Waals surface area contributed by atoms with Crippen LogP contribution in [0.1, 0.15) is 59.4 Å². The zero-order valence-corrected chi connectivity index (χ0v) is 33.6. The summed E-state index contributed by atoms with van der Waals surface area (Å²) in [6, 6.07) is 14.1. The van der Waals surface area contributed by atoms with E-state index in [1.165, 1.54) is 0 Å². The van der Waals surface area contributed by atoms with Crippen LogP contribution in [0.2, 0.25) is 0 Å². The Bertz CT molecular complexity index is 1940. The van der Waals surface area contributed by atoms with Crippen molar-refractivity contribution in [2.24, 2.45) is 11.8 Å². The quantitative estimate of drug-likeness (QED) is 0.121. The summed E-state index contributed by atoms with van der Waals surface area (Å²) in [7, 11) is 0. The van der Waals surface area contributed by atoms with E-state index in [0.29, 0.717) is 13.0 Å². The predicted molar refractivity (Wildman–Crippen MR) is 217 cm³/mol. The van der Waals surface area contributed by atoms with Crippen molar-refractivity contribution in [2.45, 2.75) is 95.4 Å². The number of fused-ring (bicyclic) bond motifs is 2. The van der Waals surface area contributed by atoms with Crippen molar-refractivity contribution >= 4 is 53.6 Å². The lowest BCUT2D eigenvalue weighted by Crippen LogP contribution is -2.59. The van der Waals surface area contributed by atoms with Gasteiger partial charge in [-0.1, -0.05) is 78.9 Å². The molecule has 2 aliphatic carbocycles. The van der Waals surface area contributed by atoms with E-state index >= 15 is 0 Å². The molecule has 2 aromatic rings. The van der Waals surface area contributed by atoms with Crippen LogP contribution in [-0.2, 0) is 39.8 Å². The molecule has 1 heterocycles. The predicted octanol–water partition coefficient (Wildman–Crippen LogP) is 3.03. The molecule has 0 saturated carbocycles. The van der Waals surface area contributed by atoms with Crippen LogP contribution in [0.5, 0.6) is 0 Å². The highest BCUT2D eigenvalue weighted by Crippen LogP contribution is 2.29. The summed E-state index contributed by atoms with van der Waals surface area (Å²) in [5.74, 6) is -2.25. The van der Waals surface area contributed by atoms with Gasteiger partial charge < -0.3 is 35.5 Å². The fourth-order valence-electron chi connectivity index (χ4n) is 7.41. The second kappa shape index (κ2) is 19.3. The van der Waals surface area contributed by atoms with Crippen molar-refractivity contribution < 1.29 is 38.2 Å². The fraction of sp³-hybridized carbons (Fsp3) is 0.465. The van der Waals surface area contributed by atoms with Gasteiger partial charge in [0.25, 0.3) is 0 Å². The summed E-state index contributed by atoms with van der Waals surface area (Å²) in [4.78, 5) is 67.1. The van der Waals surface area contributed by atoms with E-state index in [0.717, 1.165) is 27.1 Å². The third-order valence-corrected chi connectivity index (χ3v) is 10.5. The first kappa shape index (κ1) is 42.3. The van der Waals surface area contributed by atoms with E-state index < -0.39 is 59.0 Å². The van der Waals surface area contributed by atoms with Crippen LogP contribution in [0.25, 0.3) is 11.1 Å². The number of carbonyl (C=O) groups is 5. The number of benzene rings is 2.